The molecule has 0 saturated heterocycles. The summed E-state index contributed by atoms with van der Waals surface area (Å²) in [5.74, 6) is 0.574. The molecule has 0 radical (unpaired) electrons. The number of benzene rings is 1. The molecule has 0 bridgehead atoms. The fourth-order valence-electron chi connectivity index (χ4n) is 2.49. The molecule has 3 aromatic heterocycles. The first-order valence-electron chi connectivity index (χ1n) is 7.67. The molecular formula is C17H15N7S. The van der Waals surface area contributed by atoms with Gasteiger partial charge in [0.15, 0.2) is 0 Å². The van der Waals surface area contributed by atoms with Crippen molar-refractivity contribution in [3.8, 4) is 22.8 Å². The van der Waals surface area contributed by atoms with E-state index in [2.05, 4.69) is 25.5 Å². The second kappa shape index (κ2) is 6.33. The standard InChI is InChI=1S/C17H15N7S/c1-23-9-5-8-13(23)11-18-24-16(21-22-17(24)25)15-10-14(19-20-15)12-6-3-2-4-7-12/h2-11H,1H3,(H,19,20)(H,22,25)/b18-11+. The number of nitrogens with zero attached hydrogens (tertiary/aromatic N) is 5. The molecule has 4 rings (SSSR count). The minimum atomic E-state index is 0.413. The highest BCUT2D eigenvalue weighted by atomic mass is 32.1. The van der Waals surface area contributed by atoms with Gasteiger partial charge < -0.3 is 4.57 Å². The number of aryl methyl sites for hydroxylation is 1. The van der Waals surface area contributed by atoms with Gasteiger partial charge in [0.25, 0.3) is 0 Å². The first-order valence-corrected chi connectivity index (χ1v) is 8.07. The predicted octanol–water partition coefficient (Wildman–Crippen LogP) is 3.22. The van der Waals surface area contributed by atoms with E-state index in [4.69, 9.17) is 12.2 Å². The molecule has 0 aliphatic heterocycles. The Morgan fingerprint density at radius 2 is 1.92 bits per heavy atom. The average molecular weight is 349 g/mol. The second-order valence-electron chi connectivity index (χ2n) is 5.49. The van der Waals surface area contributed by atoms with E-state index in [0.717, 1.165) is 22.6 Å². The van der Waals surface area contributed by atoms with Crippen molar-refractivity contribution in [2.75, 3.05) is 0 Å². The smallest absolute Gasteiger partial charge is 0.216 e. The zero-order chi connectivity index (χ0) is 17.2. The number of aromatic amines is 2. The maximum absolute atomic E-state index is 5.29. The highest BCUT2D eigenvalue weighted by Crippen LogP contribution is 2.22. The lowest BCUT2D eigenvalue weighted by Crippen LogP contribution is -1.98. The average Bonchev–Trinajstić information content (AvgIpc) is 3.34. The van der Waals surface area contributed by atoms with E-state index >= 15 is 0 Å². The Morgan fingerprint density at radius 1 is 1.08 bits per heavy atom. The molecule has 0 saturated carbocycles. The SMILES string of the molecule is Cn1cccc1/C=N/n1c(-c2cc(-c3ccccc3)n[nH]2)n[nH]c1=S. The summed E-state index contributed by atoms with van der Waals surface area (Å²) in [6.45, 7) is 0. The van der Waals surface area contributed by atoms with Crippen LogP contribution in [0.5, 0.6) is 0 Å². The Kier molecular flexibility index (Phi) is 3.87. The zero-order valence-electron chi connectivity index (χ0n) is 13.4. The van der Waals surface area contributed by atoms with Crippen LogP contribution in [-0.2, 0) is 7.05 Å². The van der Waals surface area contributed by atoms with E-state index < -0.39 is 0 Å². The van der Waals surface area contributed by atoms with Gasteiger partial charge in [-0.15, -0.1) is 0 Å². The molecule has 1 aromatic carbocycles. The summed E-state index contributed by atoms with van der Waals surface area (Å²) < 4.78 is 3.96. The topological polar surface area (TPSA) is 79.6 Å². The van der Waals surface area contributed by atoms with Crippen LogP contribution in [0.15, 0.2) is 59.8 Å². The van der Waals surface area contributed by atoms with Crippen molar-refractivity contribution >= 4 is 18.4 Å². The fraction of sp³-hybridized carbons (Fsp3) is 0.0588. The van der Waals surface area contributed by atoms with Crippen LogP contribution in [0.2, 0.25) is 0 Å². The molecule has 124 valence electrons. The molecule has 0 atom stereocenters. The summed E-state index contributed by atoms with van der Waals surface area (Å²) in [4.78, 5) is 0. The van der Waals surface area contributed by atoms with E-state index in [1.54, 1.807) is 10.9 Å². The third-order valence-corrected chi connectivity index (χ3v) is 4.09. The van der Waals surface area contributed by atoms with Gasteiger partial charge >= 0.3 is 0 Å². The van der Waals surface area contributed by atoms with Crippen LogP contribution in [0.25, 0.3) is 22.8 Å². The number of rotatable bonds is 4. The summed E-state index contributed by atoms with van der Waals surface area (Å²) in [7, 11) is 1.96. The van der Waals surface area contributed by atoms with Crippen LogP contribution in [-0.4, -0.2) is 35.9 Å². The third kappa shape index (κ3) is 2.94. The first-order chi connectivity index (χ1) is 12.2. The molecule has 2 N–H and O–H groups in total. The maximum atomic E-state index is 5.29. The van der Waals surface area contributed by atoms with Crippen molar-refractivity contribution in [1.29, 1.82) is 0 Å². The largest absolute Gasteiger partial charge is 0.350 e. The summed E-state index contributed by atoms with van der Waals surface area (Å²) in [5.41, 5.74) is 3.55. The molecule has 8 heteroatoms. The van der Waals surface area contributed by atoms with Crippen molar-refractivity contribution in [3.63, 3.8) is 0 Å². The van der Waals surface area contributed by atoms with Crippen molar-refractivity contribution in [1.82, 2.24) is 29.6 Å². The van der Waals surface area contributed by atoms with E-state index in [1.807, 2.05) is 66.3 Å². The molecule has 0 aliphatic rings. The van der Waals surface area contributed by atoms with Crippen LogP contribution in [0.3, 0.4) is 0 Å². The molecule has 0 aliphatic carbocycles. The minimum Gasteiger partial charge on any atom is -0.350 e. The van der Waals surface area contributed by atoms with E-state index in [0.29, 0.717) is 10.6 Å². The van der Waals surface area contributed by atoms with Gasteiger partial charge in [0.1, 0.15) is 5.69 Å². The van der Waals surface area contributed by atoms with Crippen LogP contribution in [0, 0.1) is 4.77 Å². The van der Waals surface area contributed by atoms with Gasteiger partial charge in [-0.25, -0.2) is 5.10 Å². The molecule has 25 heavy (non-hydrogen) atoms. The van der Waals surface area contributed by atoms with Crippen molar-refractivity contribution in [3.05, 3.63) is 65.2 Å². The number of H-pyrrole nitrogens is 2. The minimum absolute atomic E-state index is 0.413. The van der Waals surface area contributed by atoms with Gasteiger partial charge in [-0.1, -0.05) is 30.3 Å². The molecule has 3 heterocycles. The lowest BCUT2D eigenvalue weighted by molar-refractivity contribution is 0.857. The fourth-order valence-corrected chi connectivity index (χ4v) is 2.67. The molecule has 0 unspecified atom stereocenters. The molecule has 0 fully saturated rings. The normalized spacial score (nSPS) is 11.4. The first kappa shape index (κ1) is 15.3. The lowest BCUT2D eigenvalue weighted by atomic mass is 10.1. The Labute approximate surface area is 148 Å². The zero-order valence-corrected chi connectivity index (χ0v) is 14.2. The molecule has 0 spiro atoms. The quantitative estimate of drug-likeness (QED) is 0.438. The third-order valence-electron chi connectivity index (χ3n) is 3.83. The number of aromatic nitrogens is 6. The molecule has 0 amide bonds. The van der Waals surface area contributed by atoms with Crippen LogP contribution < -0.4 is 0 Å². The monoisotopic (exact) mass is 349 g/mol. The van der Waals surface area contributed by atoms with Gasteiger partial charge in [0, 0.05) is 18.8 Å². The van der Waals surface area contributed by atoms with Gasteiger partial charge in [0.2, 0.25) is 10.6 Å². The number of hydrogen-bond donors (Lipinski definition) is 2. The van der Waals surface area contributed by atoms with Crippen LogP contribution in [0.4, 0.5) is 0 Å². The van der Waals surface area contributed by atoms with Crippen molar-refractivity contribution < 1.29 is 0 Å². The lowest BCUT2D eigenvalue weighted by Gasteiger charge is -1.98. The number of hydrogen-bond acceptors (Lipinski definition) is 4. The van der Waals surface area contributed by atoms with Gasteiger partial charge in [0.05, 0.1) is 17.6 Å². The maximum Gasteiger partial charge on any atom is 0.216 e. The molecule has 7 nitrogen and oxygen atoms in total. The number of nitrogens with one attached hydrogen (secondary N) is 2. The summed E-state index contributed by atoms with van der Waals surface area (Å²) in [5, 5.41) is 18.9. The summed E-state index contributed by atoms with van der Waals surface area (Å²) >= 11 is 5.29. The molecule has 4 aromatic rings. The Balaban J connectivity index is 1.71. The van der Waals surface area contributed by atoms with E-state index in [-0.39, 0.29) is 0 Å². The van der Waals surface area contributed by atoms with Gasteiger partial charge in [-0.05, 0) is 30.4 Å². The van der Waals surface area contributed by atoms with Crippen molar-refractivity contribution in [2.24, 2.45) is 12.1 Å². The van der Waals surface area contributed by atoms with E-state index in [1.165, 1.54) is 0 Å². The van der Waals surface area contributed by atoms with Gasteiger partial charge in [-0.3, -0.25) is 5.10 Å². The highest BCUT2D eigenvalue weighted by molar-refractivity contribution is 7.71. The highest BCUT2D eigenvalue weighted by Gasteiger charge is 2.12. The second-order valence-corrected chi connectivity index (χ2v) is 5.87. The summed E-state index contributed by atoms with van der Waals surface area (Å²) in [6.07, 6.45) is 3.70. The predicted molar refractivity (Wildman–Crippen MR) is 98.8 cm³/mol. The van der Waals surface area contributed by atoms with E-state index in [9.17, 15) is 0 Å². The van der Waals surface area contributed by atoms with Crippen LogP contribution in [0.1, 0.15) is 5.69 Å². The van der Waals surface area contributed by atoms with Crippen molar-refractivity contribution in [2.45, 2.75) is 0 Å². The Hall–Kier alpha value is -3.26. The Bertz CT molecular complexity index is 1080. The van der Waals surface area contributed by atoms with Crippen LogP contribution >= 0.6 is 12.2 Å². The molecular weight excluding hydrogens is 334 g/mol. The Morgan fingerprint density at radius 3 is 2.68 bits per heavy atom. The van der Waals surface area contributed by atoms with Gasteiger partial charge in [-0.2, -0.15) is 20.0 Å². The summed E-state index contributed by atoms with van der Waals surface area (Å²) in [6, 6.07) is 15.8.